The molecule has 1 aliphatic heterocycles. The molecular weight excluding hydrogens is 370 g/mol. The second-order valence-electron chi connectivity index (χ2n) is 6.15. The topological polar surface area (TPSA) is 15.6 Å². The van der Waals surface area contributed by atoms with E-state index in [1.807, 2.05) is 53.5 Å². The minimum absolute atomic E-state index is 0.0356. The number of nitrogens with zero attached hydrogens (tertiary/aromatic N) is 2. The molecule has 0 saturated heterocycles. The maximum absolute atomic E-state index is 13.3. The first-order valence-corrected chi connectivity index (χ1v) is 8.99. The summed E-state index contributed by atoms with van der Waals surface area (Å²) >= 11 is 12.1. The van der Waals surface area contributed by atoms with Crippen LogP contribution in [0.25, 0.3) is 0 Å². The predicted molar refractivity (Wildman–Crippen MR) is 106 cm³/mol. The van der Waals surface area contributed by atoms with Crippen molar-refractivity contribution in [3.8, 4) is 0 Å². The molecule has 5 heteroatoms. The normalized spacial score (nSPS) is 16.7. The van der Waals surface area contributed by atoms with Gasteiger partial charge in [-0.1, -0.05) is 47.5 Å². The van der Waals surface area contributed by atoms with Crippen molar-refractivity contribution in [1.29, 1.82) is 0 Å². The molecule has 0 saturated carbocycles. The number of halogens is 3. The van der Waals surface area contributed by atoms with Gasteiger partial charge in [0, 0.05) is 16.5 Å². The Balaban J connectivity index is 1.74. The Hall–Kier alpha value is -2.36. The zero-order chi connectivity index (χ0) is 18.1. The summed E-state index contributed by atoms with van der Waals surface area (Å²) in [5, 5.41) is 8.18. The van der Waals surface area contributed by atoms with Crippen molar-refractivity contribution in [2.45, 2.75) is 12.5 Å². The van der Waals surface area contributed by atoms with Crippen LogP contribution in [-0.4, -0.2) is 5.71 Å². The highest BCUT2D eigenvalue weighted by atomic mass is 35.5. The van der Waals surface area contributed by atoms with Gasteiger partial charge < -0.3 is 0 Å². The van der Waals surface area contributed by atoms with Crippen LogP contribution in [0.15, 0.2) is 77.9 Å². The fraction of sp³-hybridized carbons (Fsp3) is 0.0952. The Kier molecular flexibility index (Phi) is 4.66. The van der Waals surface area contributed by atoms with Gasteiger partial charge >= 0.3 is 0 Å². The molecule has 1 heterocycles. The van der Waals surface area contributed by atoms with Gasteiger partial charge in [0.1, 0.15) is 5.82 Å². The second kappa shape index (κ2) is 7.10. The van der Waals surface area contributed by atoms with Crippen molar-refractivity contribution in [2.24, 2.45) is 5.10 Å². The number of anilines is 1. The van der Waals surface area contributed by atoms with E-state index < -0.39 is 0 Å². The highest BCUT2D eigenvalue weighted by molar-refractivity contribution is 6.30. The molecule has 4 rings (SSSR count). The number of benzene rings is 3. The molecule has 1 atom stereocenters. The van der Waals surface area contributed by atoms with Crippen LogP contribution in [0, 0.1) is 5.82 Å². The van der Waals surface area contributed by atoms with E-state index in [9.17, 15) is 4.39 Å². The SMILES string of the molecule is Fc1ccc(C2=NN(c3ccc(Cl)cc3)[C@H](c3ccc(Cl)cc3)C2)cc1. The van der Waals surface area contributed by atoms with Gasteiger partial charge in [-0.2, -0.15) is 5.10 Å². The van der Waals surface area contributed by atoms with Crippen molar-refractivity contribution in [3.05, 3.63) is 99.8 Å². The molecule has 0 aliphatic carbocycles. The molecule has 1 aliphatic rings. The third-order valence-corrected chi connectivity index (χ3v) is 4.94. The predicted octanol–water partition coefficient (Wildman–Crippen LogP) is 6.49. The van der Waals surface area contributed by atoms with E-state index in [2.05, 4.69) is 0 Å². The van der Waals surface area contributed by atoms with Crippen LogP contribution in [0.1, 0.15) is 23.6 Å². The third kappa shape index (κ3) is 3.46. The summed E-state index contributed by atoms with van der Waals surface area (Å²) in [6.45, 7) is 0. The zero-order valence-corrected chi connectivity index (χ0v) is 15.3. The Labute approximate surface area is 161 Å². The molecule has 0 radical (unpaired) electrons. The largest absolute Gasteiger partial charge is 0.257 e. The minimum Gasteiger partial charge on any atom is -0.257 e. The Bertz CT molecular complexity index is 935. The van der Waals surface area contributed by atoms with E-state index in [0.717, 1.165) is 28.9 Å². The number of hydrogen-bond acceptors (Lipinski definition) is 2. The van der Waals surface area contributed by atoms with Crippen molar-refractivity contribution in [2.75, 3.05) is 5.01 Å². The molecule has 0 bridgehead atoms. The first-order chi connectivity index (χ1) is 12.6. The lowest BCUT2D eigenvalue weighted by molar-refractivity contribution is 0.627. The highest BCUT2D eigenvalue weighted by Gasteiger charge is 2.29. The second-order valence-corrected chi connectivity index (χ2v) is 7.02. The molecule has 0 unspecified atom stereocenters. The molecule has 3 aromatic carbocycles. The molecule has 0 N–H and O–H groups in total. The quantitative estimate of drug-likeness (QED) is 0.503. The van der Waals surface area contributed by atoms with Crippen molar-refractivity contribution in [1.82, 2.24) is 0 Å². The molecule has 26 heavy (non-hydrogen) atoms. The van der Waals surface area contributed by atoms with Crippen molar-refractivity contribution < 1.29 is 4.39 Å². The molecule has 3 aromatic rings. The summed E-state index contributed by atoms with van der Waals surface area (Å²) in [7, 11) is 0. The van der Waals surface area contributed by atoms with Gasteiger partial charge in [-0.25, -0.2) is 4.39 Å². The lowest BCUT2D eigenvalue weighted by Crippen LogP contribution is -2.18. The van der Waals surface area contributed by atoms with Gasteiger partial charge in [0.15, 0.2) is 0 Å². The maximum Gasteiger partial charge on any atom is 0.123 e. The summed E-state index contributed by atoms with van der Waals surface area (Å²) in [6, 6.07) is 21.9. The van der Waals surface area contributed by atoms with E-state index in [1.54, 1.807) is 12.1 Å². The van der Waals surface area contributed by atoms with Crippen LogP contribution in [0.2, 0.25) is 10.0 Å². The van der Waals surface area contributed by atoms with Gasteiger partial charge in [0.05, 0.1) is 17.4 Å². The third-order valence-electron chi connectivity index (χ3n) is 4.43. The summed E-state index contributed by atoms with van der Waals surface area (Å²) in [4.78, 5) is 0. The molecule has 2 nitrogen and oxygen atoms in total. The van der Waals surface area contributed by atoms with Crippen molar-refractivity contribution >= 4 is 34.6 Å². The van der Waals surface area contributed by atoms with E-state index in [0.29, 0.717) is 10.0 Å². The lowest BCUT2D eigenvalue weighted by atomic mass is 9.98. The van der Waals surface area contributed by atoms with Crippen LogP contribution in [0.3, 0.4) is 0 Å². The van der Waals surface area contributed by atoms with Gasteiger partial charge in [0.2, 0.25) is 0 Å². The zero-order valence-electron chi connectivity index (χ0n) is 13.7. The fourth-order valence-electron chi connectivity index (χ4n) is 3.10. The Morgan fingerprint density at radius 3 is 2.00 bits per heavy atom. The Morgan fingerprint density at radius 1 is 0.808 bits per heavy atom. The van der Waals surface area contributed by atoms with Gasteiger partial charge in [-0.3, -0.25) is 5.01 Å². The monoisotopic (exact) mass is 384 g/mol. The van der Waals surface area contributed by atoms with Gasteiger partial charge in [-0.15, -0.1) is 0 Å². The summed E-state index contributed by atoms with van der Waals surface area (Å²) in [5.74, 6) is -0.254. The molecule has 130 valence electrons. The summed E-state index contributed by atoms with van der Waals surface area (Å²) in [5.41, 5.74) is 3.90. The molecule has 0 spiro atoms. The maximum atomic E-state index is 13.3. The van der Waals surface area contributed by atoms with Crippen LogP contribution in [0.5, 0.6) is 0 Å². The Morgan fingerprint density at radius 2 is 1.38 bits per heavy atom. The highest BCUT2D eigenvalue weighted by Crippen LogP contribution is 2.37. The van der Waals surface area contributed by atoms with Crippen LogP contribution >= 0.6 is 23.2 Å². The number of hydrazone groups is 1. The van der Waals surface area contributed by atoms with Gasteiger partial charge in [0.25, 0.3) is 0 Å². The molecule has 0 aromatic heterocycles. The molecule has 0 fully saturated rings. The van der Waals surface area contributed by atoms with E-state index in [4.69, 9.17) is 28.3 Å². The molecular formula is C21H15Cl2FN2. The van der Waals surface area contributed by atoms with E-state index in [1.165, 1.54) is 12.1 Å². The van der Waals surface area contributed by atoms with E-state index >= 15 is 0 Å². The van der Waals surface area contributed by atoms with Crippen LogP contribution in [0.4, 0.5) is 10.1 Å². The van der Waals surface area contributed by atoms with Crippen molar-refractivity contribution in [3.63, 3.8) is 0 Å². The first-order valence-electron chi connectivity index (χ1n) is 8.24. The van der Waals surface area contributed by atoms with Crippen LogP contribution in [-0.2, 0) is 0 Å². The molecule has 0 amide bonds. The summed E-state index contributed by atoms with van der Waals surface area (Å²) < 4.78 is 13.3. The fourth-order valence-corrected chi connectivity index (χ4v) is 3.36. The standard InChI is InChI=1S/C21H15Cl2FN2/c22-16-5-1-15(2-6-16)21-13-20(14-3-9-18(24)10-4-14)25-26(21)19-11-7-17(23)8-12-19/h1-12,21H,13H2/t21-/m0/s1. The number of rotatable bonds is 3. The smallest absolute Gasteiger partial charge is 0.123 e. The minimum atomic E-state index is -0.254. The lowest BCUT2D eigenvalue weighted by Gasteiger charge is -2.24. The van der Waals surface area contributed by atoms with Gasteiger partial charge in [-0.05, 0) is 59.7 Å². The number of hydrogen-bond donors (Lipinski definition) is 0. The van der Waals surface area contributed by atoms with E-state index in [-0.39, 0.29) is 11.9 Å². The average molecular weight is 385 g/mol. The average Bonchev–Trinajstić information content (AvgIpc) is 3.09. The summed E-state index contributed by atoms with van der Waals surface area (Å²) in [6.07, 6.45) is 0.718. The first kappa shape index (κ1) is 17.1. The van der Waals surface area contributed by atoms with Crippen LogP contribution < -0.4 is 5.01 Å².